The van der Waals surface area contributed by atoms with Crippen LogP contribution in [0.1, 0.15) is 49.4 Å². The van der Waals surface area contributed by atoms with Crippen LogP contribution in [0.15, 0.2) is 41.4 Å². The maximum absolute atomic E-state index is 12.9. The summed E-state index contributed by atoms with van der Waals surface area (Å²) >= 11 is 6.03. The number of aromatic nitrogens is 1. The third-order valence-electron chi connectivity index (χ3n) is 7.30. The van der Waals surface area contributed by atoms with Gasteiger partial charge in [0, 0.05) is 68.6 Å². The van der Waals surface area contributed by atoms with Gasteiger partial charge in [-0.05, 0) is 55.9 Å². The molecule has 4 rings (SSSR count). The largest absolute Gasteiger partial charge is 0.355 e. The Kier molecular flexibility index (Phi) is 9.12. The molecule has 0 spiro atoms. The van der Waals surface area contributed by atoms with E-state index >= 15 is 0 Å². The maximum Gasteiger partial charge on any atom is 0.255 e. The Balaban J connectivity index is 1.38. The highest BCUT2D eigenvalue weighted by atomic mass is 35.5. The molecule has 39 heavy (non-hydrogen) atoms. The highest BCUT2D eigenvalue weighted by Gasteiger charge is 2.27. The van der Waals surface area contributed by atoms with Gasteiger partial charge in [-0.2, -0.15) is 0 Å². The van der Waals surface area contributed by atoms with Gasteiger partial charge >= 0.3 is 0 Å². The number of pyridine rings is 1. The fraction of sp³-hybridized carbons (Fsp3) is 0.481. The molecule has 2 fully saturated rings. The minimum Gasteiger partial charge on any atom is -0.355 e. The highest BCUT2D eigenvalue weighted by Crippen LogP contribution is 2.31. The molecule has 1 aromatic heterocycles. The summed E-state index contributed by atoms with van der Waals surface area (Å²) in [6, 6.07) is 8.01. The van der Waals surface area contributed by atoms with E-state index in [9.17, 15) is 22.8 Å². The van der Waals surface area contributed by atoms with E-state index < -0.39 is 15.7 Å². The quantitative estimate of drug-likeness (QED) is 0.519. The van der Waals surface area contributed by atoms with Gasteiger partial charge in [0.05, 0.1) is 10.6 Å². The lowest BCUT2D eigenvalue weighted by Crippen LogP contribution is -2.46. The molecule has 2 aromatic rings. The van der Waals surface area contributed by atoms with Crippen molar-refractivity contribution < 1.29 is 22.8 Å². The van der Waals surface area contributed by atoms with Gasteiger partial charge in [-0.1, -0.05) is 17.7 Å². The number of nitrogens with zero attached hydrogens (tertiary/aromatic N) is 3. The summed E-state index contributed by atoms with van der Waals surface area (Å²) in [6.07, 6.45) is 5.87. The number of benzene rings is 1. The van der Waals surface area contributed by atoms with Crippen molar-refractivity contribution in [3.05, 3.63) is 47.1 Å². The van der Waals surface area contributed by atoms with Crippen molar-refractivity contribution in [3.63, 3.8) is 0 Å². The maximum atomic E-state index is 12.9. The molecule has 0 saturated carbocycles. The molecule has 3 amide bonds. The van der Waals surface area contributed by atoms with Crippen molar-refractivity contribution in [2.75, 3.05) is 42.7 Å². The number of carbonyl (C=O) groups excluding carboxylic acids is 3. The van der Waals surface area contributed by atoms with E-state index in [0.29, 0.717) is 54.7 Å². The second-order valence-electron chi connectivity index (χ2n) is 10.3. The number of carbonyl (C=O) groups is 3. The molecule has 12 heteroatoms. The van der Waals surface area contributed by atoms with Crippen LogP contribution < -0.4 is 15.5 Å². The SMILES string of the molecule is CC(=O)N1CCC(NC(=O)CC2CCN(c3ncc(S(C)(=O)=O)cc3NC(=O)c3cccc(Cl)c3)CC2)CC1. The second-order valence-corrected chi connectivity index (χ2v) is 12.7. The number of anilines is 2. The van der Waals surface area contributed by atoms with Gasteiger partial charge in [0.1, 0.15) is 0 Å². The van der Waals surface area contributed by atoms with Crippen molar-refractivity contribution >= 4 is 50.7 Å². The first kappa shape index (κ1) is 28.8. The van der Waals surface area contributed by atoms with Crippen LogP contribution in [-0.4, -0.2) is 74.5 Å². The zero-order valence-corrected chi connectivity index (χ0v) is 23.7. The van der Waals surface area contributed by atoms with Crippen LogP contribution in [0.5, 0.6) is 0 Å². The number of likely N-dealkylation sites (tertiary alicyclic amines) is 1. The Morgan fingerprint density at radius 3 is 2.36 bits per heavy atom. The van der Waals surface area contributed by atoms with E-state index in [1.807, 2.05) is 4.90 Å². The molecule has 10 nitrogen and oxygen atoms in total. The molecular formula is C27H34ClN5O5S. The molecule has 0 aliphatic carbocycles. The fourth-order valence-corrected chi connectivity index (χ4v) is 5.81. The fourth-order valence-electron chi connectivity index (χ4n) is 5.05. The molecule has 0 bridgehead atoms. The van der Waals surface area contributed by atoms with Crippen LogP contribution in [0.4, 0.5) is 11.5 Å². The summed E-state index contributed by atoms with van der Waals surface area (Å²) in [5, 5.41) is 6.35. The number of rotatable bonds is 7. The van der Waals surface area contributed by atoms with Crippen LogP contribution in [-0.2, 0) is 19.4 Å². The Bertz CT molecular complexity index is 1340. The number of hydrogen-bond donors (Lipinski definition) is 2. The van der Waals surface area contributed by atoms with E-state index in [0.717, 1.165) is 31.9 Å². The van der Waals surface area contributed by atoms with Crippen LogP contribution in [0, 0.1) is 5.92 Å². The normalized spacial score (nSPS) is 17.1. The van der Waals surface area contributed by atoms with Crippen LogP contribution in [0.3, 0.4) is 0 Å². The van der Waals surface area contributed by atoms with Gasteiger partial charge in [0.2, 0.25) is 11.8 Å². The molecule has 2 saturated heterocycles. The highest BCUT2D eigenvalue weighted by molar-refractivity contribution is 7.90. The lowest BCUT2D eigenvalue weighted by molar-refractivity contribution is -0.130. The lowest BCUT2D eigenvalue weighted by Gasteiger charge is -2.34. The molecule has 1 aromatic carbocycles. The van der Waals surface area contributed by atoms with Crippen molar-refractivity contribution in [1.29, 1.82) is 0 Å². The Morgan fingerprint density at radius 1 is 1.05 bits per heavy atom. The van der Waals surface area contributed by atoms with Crippen molar-refractivity contribution in [1.82, 2.24) is 15.2 Å². The average molecular weight is 576 g/mol. The predicted octanol–water partition coefficient (Wildman–Crippen LogP) is 3.12. The number of hydrogen-bond acceptors (Lipinski definition) is 7. The minimum atomic E-state index is -3.54. The van der Waals surface area contributed by atoms with Crippen molar-refractivity contribution in [2.45, 2.75) is 50.0 Å². The third kappa shape index (κ3) is 7.69. The van der Waals surface area contributed by atoms with Crippen LogP contribution >= 0.6 is 11.6 Å². The van der Waals surface area contributed by atoms with E-state index in [-0.39, 0.29) is 28.7 Å². The first-order chi connectivity index (χ1) is 18.5. The zero-order valence-electron chi connectivity index (χ0n) is 22.2. The molecular weight excluding hydrogens is 542 g/mol. The summed E-state index contributed by atoms with van der Waals surface area (Å²) in [7, 11) is -3.54. The van der Waals surface area contributed by atoms with Gasteiger partial charge in [-0.15, -0.1) is 0 Å². The Labute approximate surface area is 234 Å². The van der Waals surface area contributed by atoms with E-state index in [2.05, 4.69) is 15.6 Å². The Hall–Kier alpha value is -3.18. The van der Waals surface area contributed by atoms with E-state index in [1.165, 1.54) is 18.3 Å². The third-order valence-corrected chi connectivity index (χ3v) is 8.61. The summed E-state index contributed by atoms with van der Waals surface area (Å²) in [4.78, 5) is 45.3. The van der Waals surface area contributed by atoms with Gasteiger partial charge in [0.25, 0.3) is 5.91 Å². The number of amides is 3. The number of piperidine rings is 2. The van der Waals surface area contributed by atoms with Gasteiger partial charge < -0.3 is 20.4 Å². The minimum absolute atomic E-state index is 0.00772. The molecule has 0 unspecified atom stereocenters. The van der Waals surface area contributed by atoms with E-state index in [1.54, 1.807) is 30.0 Å². The van der Waals surface area contributed by atoms with Gasteiger partial charge in [-0.25, -0.2) is 13.4 Å². The molecule has 2 aliphatic rings. The number of sulfone groups is 1. The summed E-state index contributed by atoms with van der Waals surface area (Å²) in [5.74, 6) is 0.363. The number of halogens is 1. The molecule has 0 radical (unpaired) electrons. The zero-order chi connectivity index (χ0) is 28.2. The van der Waals surface area contributed by atoms with Gasteiger partial charge in [0.15, 0.2) is 15.7 Å². The molecule has 0 atom stereocenters. The van der Waals surface area contributed by atoms with Crippen molar-refractivity contribution in [2.24, 2.45) is 5.92 Å². The van der Waals surface area contributed by atoms with Crippen molar-refractivity contribution in [3.8, 4) is 0 Å². The van der Waals surface area contributed by atoms with E-state index in [4.69, 9.17) is 11.6 Å². The summed E-state index contributed by atoms with van der Waals surface area (Å²) in [5.41, 5.74) is 0.644. The average Bonchev–Trinajstić information content (AvgIpc) is 2.89. The standard InChI is InChI=1S/C27H34ClN5O5S/c1-18(34)32-12-8-22(9-13-32)30-25(35)14-19-6-10-33(11-7-19)26-24(16-23(17-29-26)39(2,37)38)31-27(36)20-4-3-5-21(28)15-20/h3-5,15-17,19,22H,6-14H2,1-2H3,(H,30,35)(H,31,36). The van der Waals surface area contributed by atoms with Gasteiger partial charge in [-0.3, -0.25) is 14.4 Å². The molecule has 3 heterocycles. The predicted molar refractivity (Wildman–Crippen MR) is 150 cm³/mol. The summed E-state index contributed by atoms with van der Waals surface area (Å²) < 4.78 is 24.3. The van der Waals surface area contributed by atoms with Crippen LogP contribution in [0.2, 0.25) is 5.02 Å². The lowest BCUT2D eigenvalue weighted by atomic mass is 9.92. The molecule has 2 N–H and O–H groups in total. The monoisotopic (exact) mass is 575 g/mol. The number of nitrogens with one attached hydrogen (secondary N) is 2. The first-order valence-corrected chi connectivity index (χ1v) is 15.3. The molecule has 210 valence electrons. The smallest absolute Gasteiger partial charge is 0.255 e. The summed E-state index contributed by atoms with van der Waals surface area (Å²) in [6.45, 7) is 4.12. The second kappa shape index (κ2) is 12.3. The van der Waals surface area contributed by atoms with Crippen LogP contribution in [0.25, 0.3) is 0 Å². The Morgan fingerprint density at radius 2 is 1.74 bits per heavy atom. The topological polar surface area (TPSA) is 129 Å². The molecule has 2 aliphatic heterocycles. The first-order valence-electron chi connectivity index (χ1n) is 13.1.